The molecule has 0 amide bonds. The van der Waals surface area contributed by atoms with Gasteiger partial charge in [0.1, 0.15) is 5.82 Å². The van der Waals surface area contributed by atoms with Gasteiger partial charge in [-0.05, 0) is 6.54 Å². The third kappa shape index (κ3) is 3.57. The minimum absolute atomic E-state index is 0.683. The van der Waals surface area contributed by atoms with Crippen molar-refractivity contribution in [2.24, 2.45) is 0 Å². The van der Waals surface area contributed by atoms with Crippen LogP contribution in [0.4, 0.5) is 5.82 Å². The molecule has 5 heteroatoms. The molecule has 1 aromatic rings. The lowest BCUT2D eigenvalue weighted by molar-refractivity contribution is 0.699. The first kappa shape index (κ1) is 12.6. The zero-order valence-electron chi connectivity index (χ0n) is 10.5. The van der Waals surface area contributed by atoms with E-state index < -0.39 is 0 Å². The van der Waals surface area contributed by atoms with Crippen LogP contribution < -0.4 is 10.2 Å². The summed E-state index contributed by atoms with van der Waals surface area (Å²) in [6, 6.07) is 0. The molecule has 1 unspecified atom stereocenters. The van der Waals surface area contributed by atoms with E-state index in [0.717, 1.165) is 37.7 Å². The molecule has 1 N–H and O–H groups in total. The monoisotopic (exact) mass is 252 g/mol. The second-order valence-electron chi connectivity index (χ2n) is 4.28. The Morgan fingerprint density at radius 2 is 2.41 bits per heavy atom. The van der Waals surface area contributed by atoms with E-state index in [1.807, 2.05) is 24.2 Å². The molecule has 4 nitrogen and oxygen atoms in total. The normalized spacial score (nSPS) is 20.6. The fourth-order valence-electron chi connectivity index (χ4n) is 1.91. The lowest BCUT2D eigenvalue weighted by Crippen LogP contribution is -2.37. The SMILES string of the molecule is CCNCc1cncc(N2CCSC(C)C2)n1. The van der Waals surface area contributed by atoms with Gasteiger partial charge in [0.05, 0.1) is 11.9 Å². The van der Waals surface area contributed by atoms with Crippen LogP contribution in [0.3, 0.4) is 0 Å². The van der Waals surface area contributed by atoms with Crippen LogP contribution in [0.1, 0.15) is 19.5 Å². The molecule has 1 fully saturated rings. The maximum Gasteiger partial charge on any atom is 0.147 e. The fraction of sp³-hybridized carbons (Fsp3) is 0.667. The zero-order valence-corrected chi connectivity index (χ0v) is 11.3. The van der Waals surface area contributed by atoms with Crippen molar-refractivity contribution in [3.05, 3.63) is 18.1 Å². The third-order valence-corrected chi connectivity index (χ3v) is 3.93. The first-order chi connectivity index (χ1) is 8.29. The van der Waals surface area contributed by atoms with Crippen molar-refractivity contribution in [3.8, 4) is 0 Å². The highest BCUT2D eigenvalue weighted by molar-refractivity contribution is 8.00. The minimum atomic E-state index is 0.683. The fourth-order valence-corrected chi connectivity index (χ4v) is 2.93. The largest absolute Gasteiger partial charge is 0.353 e. The number of nitrogens with zero attached hydrogens (tertiary/aromatic N) is 3. The molecule has 1 atom stereocenters. The van der Waals surface area contributed by atoms with E-state index in [-0.39, 0.29) is 0 Å². The first-order valence-electron chi connectivity index (χ1n) is 6.17. The standard InChI is InChI=1S/C12H20N4S/c1-3-13-6-11-7-14-8-12(15-11)16-4-5-17-10(2)9-16/h7-8,10,13H,3-6,9H2,1-2H3. The van der Waals surface area contributed by atoms with E-state index in [2.05, 4.69) is 34.0 Å². The van der Waals surface area contributed by atoms with Crippen molar-refractivity contribution in [1.29, 1.82) is 0 Å². The van der Waals surface area contributed by atoms with Crippen molar-refractivity contribution in [1.82, 2.24) is 15.3 Å². The van der Waals surface area contributed by atoms with Gasteiger partial charge in [-0.3, -0.25) is 4.98 Å². The van der Waals surface area contributed by atoms with Gasteiger partial charge in [0.15, 0.2) is 0 Å². The van der Waals surface area contributed by atoms with Gasteiger partial charge in [-0.1, -0.05) is 13.8 Å². The van der Waals surface area contributed by atoms with Crippen molar-refractivity contribution < 1.29 is 0 Å². The summed E-state index contributed by atoms with van der Waals surface area (Å²) in [5, 5.41) is 3.96. The van der Waals surface area contributed by atoms with Crippen molar-refractivity contribution >= 4 is 17.6 Å². The quantitative estimate of drug-likeness (QED) is 0.880. The molecule has 0 aliphatic carbocycles. The molecule has 0 radical (unpaired) electrons. The highest BCUT2D eigenvalue weighted by Gasteiger charge is 2.18. The smallest absolute Gasteiger partial charge is 0.147 e. The van der Waals surface area contributed by atoms with Crippen LogP contribution in [0.2, 0.25) is 0 Å². The van der Waals surface area contributed by atoms with Gasteiger partial charge < -0.3 is 10.2 Å². The van der Waals surface area contributed by atoms with Gasteiger partial charge in [-0.2, -0.15) is 11.8 Å². The number of anilines is 1. The average molecular weight is 252 g/mol. The Hall–Kier alpha value is -0.810. The number of hydrogen-bond donors (Lipinski definition) is 1. The summed E-state index contributed by atoms with van der Waals surface area (Å²) in [5.41, 5.74) is 1.02. The molecular formula is C12H20N4S. The molecule has 0 bridgehead atoms. The summed E-state index contributed by atoms with van der Waals surface area (Å²) >= 11 is 2.03. The molecular weight excluding hydrogens is 232 g/mol. The van der Waals surface area contributed by atoms with Gasteiger partial charge >= 0.3 is 0 Å². The number of hydrogen-bond acceptors (Lipinski definition) is 5. The highest BCUT2D eigenvalue weighted by Crippen LogP contribution is 2.21. The molecule has 0 saturated carbocycles. The lowest BCUT2D eigenvalue weighted by atomic mass is 10.3. The molecule has 2 heterocycles. The van der Waals surface area contributed by atoms with Crippen LogP contribution in [0, 0.1) is 0 Å². The first-order valence-corrected chi connectivity index (χ1v) is 7.22. The number of aromatic nitrogens is 2. The van der Waals surface area contributed by atoms with E-state index >= 15 is 0 Å². The number of thioether (sulfide) groups is 1. The Bertz CT molecular complexity index is 358. The van der Waals surface area contributed by atoms with E-state index in [9.17, 15) is 0 Å². The second kappa shape index (κ2) is 6.21. The molecule has 2 rings (SSSR count). The highest BCUT2D eigenvalue weighted by atomic mass is 32.2. The van der Waals surface area contributed by atoms with Gasteiger partial charge in [0.25, 0.3) is 0 Å². The van der Waals surface area contributed by atoms with Crippen molar-refractivity contribution in [2.45, 2.75) is 25.6 Å². The molecule has 17 heavy (non-hydrogen) atoms. The Morgan fingerprint density at radius 3 is 3.18 bits per heavy atom. The lowest BCUT2D eigenvalue weighted by Gasteiger charge is -2.31. The molecule has 0 spiro atoms. The summed E-state index contributed by atoms with van der Waals surface area (Å²) in [4.78, 5) is 11.3. The Balaban J connectivity index is 2.04. The summed E-state index contributed by atoms with van der Waals surface area (Å²) < 4.78 is 0. The predicted octanol–water partition coefficient (Wildman–Crippen LogP) is 1.53. The van der Waals surface area contributed by atoms with Crippen molar-refractivity contribution in [3.63, 3.8) is 0 Å². The summed E-state index contributed by atoms with van der Waals surface area (Å²) in [7, 11) is 0. The van der Waals surface area contributed by atoms with E-state index in [4.69, 9.17) is 0 Å². The predicted molar refractivity (Wildman–Crippen MR) is 73.5 cm³/mol. The van der Waals surface area contributed by atoms with E-state index in [0.29, 0.717) is 5.25 Å². The van der Waals surface area contributed by atoms with Gasteiger partial charge in [0, 0.05) is 36.8 Å². The molecule has 94 valence electrons. The van der Waals surface area contributed by atoms with Crippen LogP contribution in [-0.2, 0) is 6.54 Å². The molecule has 1 aliphatic heterocycles. The molecule has 1 aliphatic rings. The maximum atomic E-state index is 4.66. The Kier molecular flexibility index (Phi) is 4.62. The summed E-state index contributed by atoms with van der Waals surface area (Å²) in [5.74, 6) is 2.20. The second-order valence-corrected chi connectivity index (χ2v) is 5.82. The molecule has 1 saturated heterocycles. The molecule has 0 aromatic carbocycles. The zero-order chi connectivity index (χ0) is 12.1. The van der Waals surface area contributed by atoms with Crippen LogP contribution in [-0.4, -0.2) is 40.6 Å². The van der Waals surface area contributed by atoms with Crippen LogP contribution in [0.25, 0.3) is 0 Å². The molecule has 1 aromatic heterocycles. The number of nitrogens with one attached hydrogen (secondary N) is 1. The van der Waals surface area contributed by atoms with Crippen molar-refractivity contribution in [2.75, 3.05) is 30.3 Å². The summed E-state index contributed by atoms with van der Waals surface area (Å²) in [6.45, 7) is 8.28. The van der Waals surface area contributed by atoms with Crippen LogP contribution >= 0.6 is 11.8 Å². The van der Waals surface area contributed by atoms with Gasteiger partial charge in [-0.15, -0.1) is 0 Å². The third-order valence-electron chi connectivity index (χ3n) is 2.79. The van der Waals surface area contributed by atoms with E-state index in [1.54, 1.807) is 0 Å². The maximum absolute atomic E-state index is 4.66. The average Bonchev–Trinajstić information content (AvgIpc) is 2.37. The van der Waals surface area contributed by atoms with Crippen LogP contribution in [0.5, 0.6) is 0 Å². The Labute approximate surface area is 107 Å². The summed E-state index contributed by atoms with van der Waals surface area (Å²) in [6.07, 6.45) is 3.71. The minimum Gasteiger partial charge on any atom is -0.353 e. The topological polar surface area (TPSA) is 41.1 Å². The Morgan fingerprint density at radius 1 is 1.53 bits per heavy atom. The van der Waals surface area contributed by atoms with Gasteiger partial charge in [0.2, 0.25) is 0 Å². The van der Waals surface area contributed by atoms with Gasteiger partial charge in [-0.25, -0.2) is 4.98 Å². The van der Waals surface area contributed by atoms with E-state index in [1.165, 1.54) is 5.75 Å². The van der Waals surface area contributed by atoms with Crippen LogP contribution in [0.15, 0.2) is 12.4 Å². The number of rotatable bonds is 4.